The van der Waals surface area contributed by atoms with Gasteiger partial charge >= 0.3 is 6.09 Å². The molecule has 1 rings (SSSR count). The molecule has 1 amide bonds. The number of hydrogen-bond donors (Lipinski definition) is 1. The number of benzene rings is 1. The quantitative estimate of drug-likeness (QED) is 0.488. The molecular formula is C13H20N2O2. The highest BCUT2D eigenvalue weighted by molar-refractivity contribution is 5.67. The molecule has 0 aliphatic rings. The van der Waals surface area contributed by atoms with Gasteiger partial charge in [0.25, 0.3) is 0 Å². The Morgan fingerprint density at radius 3 is 2.47 bits per heavy atom. The highest BCUT2D eigenvalue weighted by atomic mass is 16.6. The molecule has 0 fully saturated rings. The van der Waals surface area contributed by atoms with Crippen molar-refractivity contribution in [2.75, 3.05) is 0 Å². The summed E-state index contributed by atoms with van der Waals surface area (Å²) in [7, 11) is 0. The second-order valence-corrected chi connectivity index (χ2v) is 5.03. The van der Waals surface area contributed by atoms with E-state index in [0.717, 1.165) is 16.1 Å². The van der Waals surface area contributed by atoms with Gasteiger partial charge in [-0.1, -0.05) is 24.3 Å². The fourth-order valence-electron chi connectivity index (χ4n) is 1.36. The Morgan fingerprint density at radius 1 is 1.35 bits per heavy atom. The predicted molar refractivity (Wildman–Crippen MR) is 67.1 cm³/mol. The minimum absolute atomic E-state index is 0.349. The summed E-state index contributed by atoms with van der Waals surface area (Å²) in [4.78, 5) is 11.7. The van der Waals surface area contributed by atoms with E-state index < -0.39 is 11.7 Å². The van der Waals surface area contributed by atoms with Crippen LogP contribution in [0.4, 0.5) is 4.79 Å². The van der Waals surface area contributed by atoms with Crippen LogP contribution in [0.3, 0.4) is 0 Å². The Labute approximate surface area is 102 Å². The van der Waals surface area contributed by atoms with Crippen molar-refractivity contribution < 1.29 is 9.53 Å². The molecule has 4 nitrogen and oxygen atoms in total. The van der Waals surface area contributed by atoms with Gasteiger partial charge in [-0.05, 0) is 38.8 Å². The van der Waals surface area contributed by atoms with E-state index >= 15 is 0 Å². The van der Waals surface area contributed by atoms with Crippen LogP contribution < -0.4 is 5.84 Å². The molecule has 2 N–H and O–H groups in total. The second-order valence-electron chi connectivity index (χ2n) is 5.03. The van der Waals surface area contributed by atoms with Gasteiger partial charge in [0.2, 0.25) is 0 Å². The molecule has 0 spiro atoms. The lowest BCUT2D eigenvalue weighted by Crippen LogP contribution is -2.41. The molecule has 0 aliphatic carbocycles. The number of hydrazine groups is 1. The number of nitrogens with zero attached hydrogens (tertiary/aromatic N) is 1. The largest absolute Gasteiger partial charge is 0.443 e. The highest BCUT2D eigenvalue weighted by Crippen LogP contribution is 2.12. The van der Waals surface area contributed by atoms with Crippen molar-refractivity contribution in [2.24, 2.45) is 5.84 Å². The van der Waals surface area contributed by atoms with Crippen molar-refractivity contribution in [2.45, 2.75) is 39.8 Å². The van der Waals surface area contributed by atoms with Crippen LogP contribution in [0.25, 0.3) is 0 Å². The van der Waals surface area contributed by atoms with Crippen molar-refractivity contribution in [1.82, 2.24) is 5.01 Å². The number of hydrogen-bond acceptors (Lipinski definition) is 3. The lowest BCUT2D eigenvalue weighted by Gasteiger charge is -2.24. The number of carbonyl (C=O) groups excluding carboxylic acids is 1. The number of rotatable bonds is 2. The molecule has 0 unspecified atom stereocenters. The predicted octanol–water partition coefficient (Wildman–Crippen LogP) is 2.61. The zero-order valence-electron chi connectivity index (χ0n) is 10.9. The topological polar surface area (TPSA) is 55.6 Å². The lowest BCUT2D eigenvalue weighted by atomic mass is 10.1. The first-order chi connectivity index (χ1) is 7.79. The Hall–Kier alpha value is -1.55. The Morgan fingerprint density at radius 2 is 1.94 bits per heavy atom. The summed E-state index contributed by atoms with van der Waals surface area (Å²) in [6.45, 7) is 7.77. The van der Waals surface area contributed by atoms with Gasteiger partial charge in [-0.25, -0.2) is 15.6 Å². The lowest BCUT2D eigenvalue weighted by molar-refractivity contribution is 0.0231. The fourth-order valence-corrected chi connectivity index (χ4v) is 1.36. The van der Waals surface area contributed by atoms with Crippen LogP contribution in [0.15, 0.2) is 24.3 Å². The monoisotopic (exact) mass is 236 g/mol. The number of ether oxygens (including phenoxy) is 1. The van der Waals surface area contributed by atoms with Crippen molar-refractivity contribution in [3.63, 3.8) is 0 Å². The molecule has 0 atom stereocenters. The first-order valence-electron chi connectivity index (χ1n) is 5.59. The summed E-state index contributed by atoms with van der Waals surface area (Å²) in [5, 5.41) is 1.09. The minimum Gasteiger partial charge on any atom is -0.443 e. The standard InChI is InChI=1S/C13H20N2O2/c1-10-7-5-6-8-11(10)9-15(14)12(16)17-13(2,3)4/h5-8H,9,14H2,1-4H3. The molecule has 0 heterocycles. The van der Waals surface area contributed by atoms with Gasteiger partial charge in [-0.3, -0.25) is 0 Å². The Balaban J connectivity index is 2.64. The number of amides is 1. The van der Waals surface area contributed by atoms with Gasteiger partial charge in [0.15, 0.2) is 0 Å². The van der Waals surface area contributed by atoms with Gasteiger partial charge < -0.3 is 4.74 Å². The fraction of sp³-hybridized carbons (Fsp3) is 0.462. The molecule has 17 heavy (non-hydrogen) atoms. The van der Waals surface area contributed by atoms with Crippen molar-refractivity contribution in [3.05, 3.63) is 35.4 Å². The average Bonchev–Trinajstić information content (AvgIpc) is 2.18. The van der Waals surface area contributed by atoms with Crippen LogP contribution >= 0.6 is 0 Å². The van der Waals surface area contributed by atoms with Crippen molar-refractivity contribution in [1.29, 1.82) is 0 Å². The van der Waals surface area contributed by atoms with E-state index in [1.807, 2.05) is 52.0 Å². The maximum atomic E-state index is 11.7. The van der Waals surface area contributed by atoms with Crippen LogP contribution in [0.5, 0.6) is 0 Å². The van der Waals surface area contributed by atoms with Crippen LogP contribution in [0.2, 0.25) is 0 Å². The first kappa shape index (κ1) is 13.5. The molecular weight excluding hydrogens is 216 g/mol. The molecule has 4 heteroatoms. The normalized spacial score (nSPS) is 11.1. The Kier molecular flexibility index (Phi) is 4.12. The molecule has 0 radical (unpaired) electrons. The van der Waals surface area contributed by atoms with E-state index in [2.05, 4.69) is 0 Å². The third-order valence-corrected chi connectivity index (χ3v) is 2.23. The molecule has 1 aromatic rings. The molecule has 0 saturated carbocycles. The van der Waals surface area contributed by atoms with Gasteiger partial charge in [-0.2, -0.15) is 0 Å². The summed E-state index contributed by atoms with van der Waals surface area (Å²) in [5.41, 5.74) is 1.59. The van der Waals surface area contributed by atoms with Crippen LogP contribution in [0.1, 0.15) is 31.9 Å². The van der Waals surface area contributed by atoms with E-state index in [1.54, 1.807) is 0 Å². The zero-order chi connectivity index (χ0) is 13.1. The van der Waals surface area contributed by atoms with Crippen LogP contribution in [-0.4, -0.2) is 16.7 Å². The molecule has 0 aliphatic heterocycles. The van der Waals surface area contributed by atoms with Crippen LogP contribution in [0, 0.1) is 6.92 Å². The van der Waals surface area contributed by atoms with Gasteiger partial charge in [0.05, 0.1) is 6.54 Å². The maximum absolute atomic E-state index is 11.7. The highest BCUT2D eigenvalue weighted by Gasteiger charge is 2.20. The summed E-state index contributed by atoms with van der Waals surface area (Å²) in [5.74, 6) is 5.68. The third kappa shape index (κ3) is 4.44. The number of aryl methyl sites for hydroxylation is 1. The van der Waals surface area contributed by atoms with Gasteiger partial charge in [0.1, 0.15) is 5.60 Å². The number of carbonyl (C=O) groups is 1. The minimum atomic E-state index is -0.527. The SMILES string of the molecule is Cc1ccccc1CN(N)C(=O)OC(C)(C)C. The zero-order valence-corrected chi connectivity index (χ0v) is 10.9. The average molecular weight is 236 g/mol. The van der Waals surface area contributed by atoms with E-state index in [1.165, 1.54) is 0 Å². The van der Waals surface area contributed by atoms with Gasteiger partial charge in [0, 0.05) is 0 Å². The third-order valence-electron chi connectivity index (χ3n) is 2.23. The molecule has 0 saturated heterocycles. The molecule has 1 aromatic carbocycles. The van der Waals surface area contributed by atoms with Gasteiger partial charge in [-0.15, -0.1) is 0 Å². The van der Waals surface area contributed by atoms with E-state index in [0.29, 0.717) is 6.54 Å². The van der Waals surface area contributed by atoms with Crippen molar-refractivity contribution >= 4 is 6.09 Å². The summed E-state index contributed by atoms with van der Waals surface area (Å²) in [6.07, 6.45) is -0.513. The number of nitrogens with two attached hydrogens (primary N) is 1. The van der Waals surface area contributed by atoms with E-state index in [4.69, 9.17) is 10.6 Å². The molecule has 94 valence electrons. The summed E-state index contributed by atoms with van der Waals surface area (Å²) < 4.78 is 5.17. The first-order valence-corrected chi connectivity index (χ1v) is 5.59. The maximum Gasteiger partial charge on any atom is 0.424 e. The van der Waals surface area contributed by atoms with E-state index in [9.17, 15) is 4.79 Å². The second kappa shape index (κ2) is 5.19. The van der Waals surface area contributed by atoms with Crippen LogP contribution in [-0.2, 0) is 11.3 Å². The van der Waals surface area contributed by atoms with E-state index in [-0.39, 0.29) is 0 Å². The summed E-state index contributed by atoms with van der Waals surface area (Å²) >= 11 is 0. The Bertz CT molecular complexity index is 397. The van der Waals surface area contributed by atoms with Crippen molar-refractivity contribution in [3.8, 4) is 0 Å². The molecule has 0 aromatic heterocycles. The smallest absolute Gasteiger partial charge is 0.424 e. The molecule has 0 bridgehead atoms. The summed E-state index contributed by atoms with van der Waals surface area (Å²) in [6, 6.07) is 7.80.